The number of hydrogen-bond acceptors (Lipinski definition) is 6. The largest absolute Gasteiger partial charge is 0.343 e. The molecule has 0 bridgehead atoms. The number of nitrogens with zero attached hydrogens (tertiary/aromatic N) is 7. The molecule has 10 nitrogen and oxygen atoms in total. The van der Waals surface area contributed by atoms with Crippen LogP contribution in [0.3, 0.4) is 0 Å². The number of carbonyl (C=O) groups excluding carboxylic acids is 3. The zero-order valence-electron chi connectivity index (χ0n) is 21.3. The van der Waals surface area contributed by atoms with Crippen LogP contribution < -0.4 is 0 Å². The lowest BCUT2D eigenvalue weighted by Gasteiger charge is -2.44. The van der Waals surface area contributed by atoms with E-state index in [9.17, 15) is 14.4 Å². The summed E-state index contributed by atoms with van der Waals surface area (Å²) in [7, 11) is 1.74. The van der Waals surface area contributed by atoms with Gasteiger partial charge >= 0.3 is 0 Å². The summed E-state index contributed by atoms with van der Waals surface area (Å²) in [5, 5.41) is 5.16. The number of rotatable bonds is 4. The first-order valence-corrected chi connectivity index (χ1v) is 13.4. The molecule has 0 spiro atoms. The van der Waals surface area contributed by atoms with E-state index >= 15 is 0 Å². The number of carbonyl (C=O) groups is 3. The van der Waals surface area contributed by atoms with Gasteiger partial charge in [0.2, 0.25) is 17.6 Å². The van der Waals surface area contributed by atoms with Gasteiger partial charge in [-0.3, -0.25) is 14.4 Å². The van der Waals surface area contributed by atoms with Crippen molar-refractivity contribution in [2.75, 3.05) is 33.2 Å². The van der Waals surface area contributed by atoms with Gasteiger partial charge in [0.15, 0.2) is 0 Å². The average Bonchev–Trinajstić information content (AvgIpc) is 3.37. The van der Waals surface area contributed by atoms with Crippen molar-refractivity contribution < 1.29 is 14.4 Å². The number of piperidine rings is 2. The zero-order chi connectivity index (χ0) is 27.0. The molecule has 2 saturated heterocycles. The Hall–Kier alpha value is -3.24. The quantitative estimate of drug-likeness (QED) is 0.488. The number of benzene rings is 1. The molecule has 3 aromatic rings. The third-order valence-electron chi connectivity index (χ3n) is 7.68. The standard InChI is InChI=1S/C26H29Cl2N7O3/c1-16(36)33-11-6-17(7-12-33)24(37)34-13-8-22(19(15-34)18-4-5-20(27)21(28)14-18)32(2)25(38)23-30-26-29-9-3-10-35(26)31-23/h3-5,9-10,14,17,19,22H,6-8,11-13,15H2,1-2H3. The smallest absolute Gasteiger partial charge is 0.293 e. The molecule has 0 aliphatic carbocycles. The van der Waals surface area contributed by atoms with Crippen LogP contribution in [0, 0.1) is 5.92 Å². The van der Waals surface area contributed by atoms with Crippen LogP contribution in [0.15, 0.2) is 36.7 Å². The van der Waals surface area contributed by atoms with Crippen molar-refractivity contribution in [1.29, 1.82) is 0 Å². The van der Waals surface area contributed by atoms with Gasteiger partial charge in [-0.1, -0.05) is 29.3 Å². The van der Waals surface area contributed by atoms with Crippen LogP contribution in [0.25, 0.3) is 5.78 Å². The third-order valence-corrected chi connectivity index (χ3v) is 8.41. The molecule has 4 heterocycles. The van der Waals surface area contributed by atoms with Crippen LogP contribution in [-0.2, 0) is 9.59 Å². The molecule has 3 amide bonds. The Labute approximate surface area is 230 Å². The maximum atomic E-state index is 13.5. The highest BCUT2D eigenvalue weighted by atomic mass is 35.5. The molecule has 2 aliphatic heterocycles. The maximum absolute atomic E-state index is 13.5. The molecule has 2 fully saturated rings. The Kier molecular flexibility index (Phi) is 7.54. The summed E-state index contributed by atoms with van der Waals surface area (Å²) in [5.41, 5.74) is 0.901. The molecule has 0 saturated carbocycles. The second-order valence-corrected chi connectivity index (χ2v) is 10.7. The van der Waals surface area contributed by atoms with Crippen molar-refractivity contribution in [1.82, 2.24) is 34.3 Å². The number of halogens is 2. The molecule has 0 N–H and O–H groups in total. The zero-order valence-corrected chi connectivity index (χ0v) is 22.8. The lowest BCUT2D eigenvalue weighted by atomic mass is 9.84. The third kappa shape index (κ3) is 5.19. The Bertz CT molecular complexity index is 1340. The second kappa shape index (κ2) is 10.9. The first-order chi connectivity index (χ1) is 18.2. The highest BCUT2D eigenvalue weighted by Crippen LogP contribution is 2.35. The lowest BCUT2D eigenvalue weighted by molar-refractivity contribution is -0.141. The predicted molar refractivity (Wildman–Crippen MR) is 142 cm³/mol. The van der Waals surface area contributed by atoms with Gasteiger partial charge in [-0.05, 0) is 43.0 Å². The number of aromatic nitrogens is 4. The predicted octanol–water partition coefficient (Wildman–Crippen LogP) is 3.15. The van der Waals surface area contributed by atoms with Gasteiger partial charge in [0, 0.05) is 70.4 Å². The Morgan fingerprint density at radius 2 is 1.76 bits per heavy atom. The minimum Gasteiger partial charge on any atom is -0.343 e. The van der Waals surface area contributed by atoms with Crippen molar-refractivity contribution in [3.05, 3.63) is 58.1 Å². The van der Waals surface area contributed by atoms with E-state index in [2.05, 4.69) is 15.1 Å². The van der Waals surface area contributed by atoms with Crippen molar-refractivity contribution in [2.45, 2.75) is 38.1 Å². The highest BCUT2D eigenvalue weighted by Gasteiger charge is 2.39. The summed E-state index contributed by atoms with van der Waals surface area (Å²) in [6.45, 7) is 3.70. The van der Waals surface area contributed by atoms with Gasteiger partial charge in [0.05, 0.1) is 10.0 Å². The molecule has 2 aromatic heterocycles. The van der Waals surface area contributed by atoms with Crippen LogP contribution in [0.5, 0.6) is 0 Å². The molecule has 2 aliphatic rings. The van der Waals surface area contributed by atoms with E-state index in [4.69, 9.17) is 23.2 Å². The van der Waals surface area contributed by atoms with Gasteiger partial charge in [0.1, 0.15) is 0 Å². The van der Waals surface area contributed by atoms with Crippen molar-refractivity contribution in [3.63, 3.8) is 0 Å². The molecule has 1 aromatic carbocycles. The van der Waals surface area contributed by atoms with E-state index < -0.39 is 0 Å². The molecule has 2 unspecified atom stereocenters. The van der Waals surface area contributed by atoms with Crippen LogP contribution in [0.4, 0.5) is 0 Å². The molecule has 5 rings (SSSR count). The topological polar surface area (TPSA) is 104 Å². The second-order valence-electron chi connectivity index (χ2n) is 9.92. The van der Waals surface area contributed by atoms with E-state index in [1.54, 1.807) is 48.3 Å². The first kappa shape index (κ1) is 26.4. The summed E-state index contributed by atoms with van der Waals surface area (Å²) >= 11 is 12.6. The van der Waals surface area contributed by atoms with Crippen LogP contribution in [0.2, 0.25) is 10.0 Å². The van der Waals surface area contributed by atoms with Gasteiger partial charge in [-0.25, -0.2) is 9.50 Å². The fourth-order valence-corrected chi connectivity index (χ4v) is 5.81. The van der Waals surface area contributed by atoms with Gasteiger partial charge in [-0.2, -0.15) is 4.98 Å². The molecule has 2 atom stereocenters. The molecule has 0 radical (unpaired) electrons. The maximum Gasteiger partial charge on any atom is 0.293 e. The summed E-state index contributed by atoms with van der Waals surface area (Å²) in [5.74, 6) is -0.0772. The molecular weight excluding hydrogens is 529 g/mol. The van der Waals surface area contributed by atoms with Crippen LogP contribution in [-0.4, -0.2) is 91.3 Å². The summed E-state index contributed by atoms with van der Waals surface area (Å²) in [6, 6.07) is 6.95. The molecular formula is C26H29Cl2N7O3. The van der Waals surface area contributed by atoms with Crippen molar-refractivity contribution >= 4 is 46.7 Å². The summed E-state index contributed by atoms with van der Waals surface area (Å²) in [6.07, 6.45) is 5.18. The van der Waals surface area contributed by atoms with E-state index in [0.717, 1.165) is 5.56 Å². The minimum atomic E-state index is -0.318. The van der Waals surface area contributed by atoms with E-state index in [0.29, 0.717) is 61.3 Å². The summed E-state index contributed by atoms with van der Waals surface area (Å²) < 4.78 is 1.47. The van der Waals surface area contributed by atoms with E-state index in [1.165, 1.54) is 4.52 Å². The van der Waals surface area contributed by atoms with Gasteiger partial charge in [-0.15, -0.1) is 5.10 Å². The van der Waals surface area contributed by atoms with E-state index in [1.807, 2.05) is 17.0 Å². The molecule has 12 heteroatoms. The van der Waals surface area contributed by atoms with Crippen molar-refractivity contribution in [3.8, 4) is 0 Å². The fourth-order valence-electron chi connectivity index (χ4n) is 5.51. The Morgan fingerprint density at radius 1 is 1.03 bits per heavy atom. The highest BCUT2D eigenvalue weighted by molar-refractivity contribution is 6.42. The first-order valence-electron chi connectivity index (χ1n) is 12.7. The van der Waals surface area contributed by atoms with Crippen molar-refractivity contribution in [2.24, 2.45) is 5.92 Å². The van der Waals surface area contributed by atoms with Crippen LogP contribution >= 0.6 is 23.2 Å². The van der Waals surface area contributed by atoms with Gasteiger partial charge in [0.25, 0.3) is 11.7 Å². The molecule has 38 heavy (non-hydrogen) atoms. The Morgan fingerprint density at radius 3 is 2.45 bits per heavy atom. The number of amides is 3. The average molecular weight is 558 g/mol. The van der Waals surface area contributed by atoms with Crippen LogP contribution in [0.1, 0.15) is 48.3 Å². The lowest BCUT2D eigenvalue weighted by Crippen LogP contribution is -2.53. The van der Waals surface area contributed by atoms with Gasteiger partial charge < -0.3 is 14.7 Å². The number of likely N-dealkylation sites (tertiary alicyclic amines) is 2. The number of hydrogen-bond donors (Lipinski definition) is 0. The normalized spacial score (nSPS) is 20.5. The minimum absolute atomic E-state index is 0.0416. The number of likely N-dealkylation sites (N-methyl/N-ethyl adjacent to an activating group) is 1. The monoisotopic (exact) mass is 557 g/mol. The fraction of sp³-hybridized carbons (Fsp3) is 0.462. The Balaban J connectivity index is 1.38. The SMILES string of the molecule is CC(=O)N1CCC(C(=O)N2CCC(N(C)C(=O)c3nc4ncccn4n3)C(c3ccc(Cl)c(Cl)c3)C2)CC1. The summed E-state index contributed by atoms with van der Waals surface area (Å²) in [4.78, 5) is 52.5. The number of fused-ring (bicyclic) bond motifs is 1. The van der Waals surface area contributed by atoms with E-state index in [-0.39, 0.29) is 41.4 Å². The molecule has 200 valence electrons.